The molecule has 1 aliphatic rings. The Kier molecular flexibility index (Phi) is 7.52. The van der Waals surface area contributed by atoms with Gasteiger partial charge in [-0.05, 0) is 65.4 Å². The van der Waals surface area contributed by atoms with Crippen LogP contribution in [-0.4, -0.2) is 25.7 Å². The summed E-state index contributed by atoms with van der Waals surface area (Å²) in [7, 11) is 1.56. The van der Waals surface area contributed by atoms with Crippen LogP contribution in [0.1, 0.15) is 45.1 Å². The lowest BCUT2D eigenvalue weighted by atomic mass is 9.86. The number of benzene rings is 1. The second-order valence-electron chi connectivity index (χ2n) is 6.48. The summed E-state index contributed by atoms with van der Waals surface area (Å²) in [6.07, 6.45) is 5.97. The van der Waals surface area contributed by atoms with Crippen molar-refractivity contribution in [3.8, 4) is 17.6 Å². The second-order valence-corrected chi connectivity index (χ2v) is 7.33. The molecule has 1 N–H and O–H groups in total. The first-order valence-electron chi connectivity index (χ1n) is 8.93. The van der Waals surface area contributed by atoms with E-state index in [2.05, 4.69) is 28.2 Å². The van der Waals surface area contributed by atoms with E-state index in [1.807, 2.05) is 13.0 Å². The van der Waals surface area contributed by atoms with Crippen LogP contribution in [0.2, 0.25) is 0 Å². The molecule has 0 aromatic heterocycles. The normalized spacial score (nSPS) is 20.2. The summed E-state index contributed by atoms with van der Waals surface area (Å²) >= 11 is 3.46. The van der Waals surface area contributed by atoms with Crippen molar-refractivity contribution in [3.63, 3.8) is 0 Å². The topological polar surface area (TPSA) is 71.3 Å². The highest BCUT2D eigenvalue weighted by Gasteiger charge is 2.24. The van der Waals surface area contributed by atoms with Gasteiger partial charge in [0.15, 0.2) is 11.5 Å². The highest BCUT2D eigenvalue weighted by Crippen LogP contribution is 2.37. The fourth-order valence-electron chi connectivity index (χ4n) is 3.20. The summed E-state index contributed by atoms with van der Waals surface area (Å²) in [5, 5.41) is 12.5. The largest absolute Gasteiger partial charge is 0.493 e. The quantitative estimate of drug-likeness (QED) is 0.544. The molecule has 1 fully saturated rings. The Morgan fingerprint density at radius 2 is 2.15 bits per heavy atom. The number of nitriles is 1. The molecule has 2 atom stereocenters. The minimum atomic E-state index is -0.324. The van der Waals surface area contributed by atoms with Crippen molar-refractivity contribution in [1.29, 1.82) is 5.26 Å². The molecule has 1 aromatic carbocycles. The molecule has 0 radical (unpaired) electrons. The molecule has 0 heterocycles. The minimum absolute atomic E-state index is 0.0842. The van der Waals surface area contributed by atoms with Crippen LogP contribution in [-0.2, 0) is 4.79 Å². The van der Waals surface area contributed by atoms with Crippen LogP contribution in [0.3, 0.4) is 0 Å². The zero-order chi connectivity index (χ0) is 19.1. The fraction of sp³-hybridized carbons (Fsp3) is 0.500. The molecule has 1 amide bonds. The highest BCUT2D eigenvalue weighted by molar-refractivity contribution is 9.10. The van der Waals surface area contributed by atoms with Crippen molar-refractivity contribution in [2.24, 2.45) is 5.92 Å². The van der Waals surface area contributed by atoms with Gasteiger partial charge in [-0.1, -0.05) is 19.8 Å². The summed E-state index contributed by atoms with van der Waals surface area (Å²) in [4.78, 5) is 12.5. The van der Waals surface area contributed by atoms with Gasteiger partial charge in [0.25, 0.3) is 5.91 Å². The number of halogens is 1. The van der Waals surface area contributed by atoms with Crippen LogP contribution in [0, 0.1) is 17.2 Å². The molecule has 5 nitrogen and oxygen atoms in total. The summed E-state index contributed by atoms with van der Waals surface area (Å²) in [6, 6.07) is 5.71. The third-order valence-corrected chi connectivity index (χ3v) is 5.23. The first-order valence-corrected chi connectivity index (χ1v) is 9.72. The standard InChI is InChI=1S/C20H25BrN2O3/c1-4-26-19-16(21)10-14(11-18(19)25-3)9-15(12-22)20(24)23-17-8-6-5-7-13(17)2/h9-11,13,17H,4-8H2,1-3H3,(H,23,24)/b15-9+/t13-,17-/m1/s1. The molecule has 0 unspecified atom stereocenters. The van der Waals surface area contributed by atoms with E-state index >= 15 is 0 Å². The van der Waals surface area contributed by atoms with E-state index in [-0.39, 0.29) is 17.5 Å². The lowest BCUT2D eigenvalue weighted by Crippen LogP contribution is -2.41. The average Bonchev–Trinajstić information content (AvgIpc) is 2.63. The van der Waals surface area contributed by atoms with E-state index < -0.39 is 0 Å². The Morgan fingerprint density at radius 1 is 1.42 bits per heavy atom. The van der Waals surface area contributed by atoms with Crippen LogP contribution in [0.15, 0.2) is 22.2 Å². The van der Waals surface area contributed by atoms with E-state index in [4.69, 9.17) is 9.47 Å². The average molecular weight is 421 g/mol. The maximum Gasteiger partial charge on any atom is 0.262 e. The number of nitrogens with one attached hydrogen (secondary N) is 1. The predicted octanol–water partition coefficient (Wildman–Crippen LogP) is 4.46. The van der Waals surface area contributed by atoms with E-state index in [0.29, 0.717) is 34.1 Å². The second kappa shape index (κ2) is 9.63. The van der Waals surface area contributed by atoms with Gasteiger partial charge in [0.2, 0.25) is 0 Å². The third kappa shape index (κ3) is 5.01. The molecule has 0 spiro atoms. The molecule has 1 saturated carbocycles. The molecule has 6 heteroatoms. The van der Waals surface area contributed by atoms with Crippen LogP contribution < -0.4 is 14.8 Å². The number of rotatable bonds is 6. The van der Waals surface area contributed by atoms with Crippen molar-refractivity contribution < 1.29 is 14.3 Å². The van der Waals surface area contributed by atoms with Crippen LogP contribution >= 0.6 is 15.9 Å². The Balaban J connectivity index is 2.23. The highest BCUT2D eigenvalue weighted by atomic mass is 79.9. The van der Waals surface area contributed by atoms with Crippen molar-refractivity contribution in [2.45, 2.75) is 45.6 Å². The Labute approximate surface area is 163 Å². The Hall–Kier alpha value is -2.00. The third-order valence-electron chi connectivity index (χ3n) is 4.64. The molecule has 2 rings (SSSR count). The van der Waals surface area contributed by atoms with Gasteiger partial charge in [-0.15, -0.1) is 0 Å². The zero-order valence-corrected chi connectivity index (χ0v) is 17.1. The Morgan fingerprint density at radius 3 is 2.77 bits per heavy atom. The van der Waals surface area contributed by atoms with Crippen molar-refractivity contribution in [2.75, 3.05) is 13.7 Å². The van der Waals surface area contributed by atoms with Crippen LogP contribution in [0.4, 0.5) is 0 Å². The van der Waals surface area contributed by atoms with E-state index in [1.54, 1.807) is 25.3 Å². The molecule has 0 bridgehead atoms. The van der Waals surface area contributed by atoms with E-state index in [9.17, 15) is 10.1 Å². The van der Waals surface area contributed by atoms with Crippen molar-refractivity contribution >= 4 is 27.9 Å². The SMILES string of the molecule is CCOc1c(Br)cc(/C=C(\C#N)C(=O)N[C@@H]2CCCC[C@H]2C)cc1OC. The number of hydrogen-bond donors (Lipinski definition) is 1. The number of hydrogen-bond acceptors (Lipinski definition) is 4. The van der Waals surface area contributed by atoms with Gasteiger partial charge in [0, 0.05) is 6.04 Å². The summed E-state index contributed by atoms with van der Waals surface area (Å²) in [5.41, 5.74) is 0.779. The summed E-state index contributed by atoms with van der Waals surface area (Å²) in [5.74, 6) is 1.26. The maximum absolute atomic E-state index is 12.5. The lowest BCUT2D eigenvalue weighted by Gasteiger charge is -2.29. The van der Waals surface area contributed by atoms with Gasteiger partial charge in [-0.2, -0.15) is 5.26 Å². The molecular weight excluding hydrogens is 396 g/mol. The first kappa shape index (κ1) is 20.3. The number of carbonyl (C=O) groups is 1. The monoisotopic (exact) mass is 420 g/mol. The number of methoxy groups -OCH3 is 1. The summed E-state index contributed by atoms with van der Waals surface area (Å²) < 4.78 is 11.6. The fourth-order valence-corrected chi connectivity index (χ4v) is 3.77. The molecule has 140 valence electrons. The molecule has 1 aliphatic carbocycles. The van der Waals surface area contributed by atoms with Gasteiger partial charge in [0.05, 0.1) is 18.2 Å². The molecule has 0 aliphatic heterocycles. The molecule has 1 aromatic rings. The van der Waals surface area contributed by atoms with Crippen LogP contribution in [0.25, 0.3) is 6.08 Å². The van der Waals surface area contributed by atoms with Gasteiger partial charge < -0.3 is 14.8 Å². The first-order chi connectivity index (χ1) is 12.5. The summed E-state index contributed by atoms with van der Waals surface area (Å²) in [6.45, 7) is 4.55. The number of nitrogens with zero attached hydrogens (tertiary/aromatic N) is 1. The Bertz CT molecular complexity index is 725. The van der Waals surface area contributed by atoms with E-state index in [0.717, 1.165) is 19.3 Å². The minimum Gasteiger partial charge on any atom is -0.493 e. The van der Waals surface area contributed by atoms with Gasteiger partial charge in [0.1, 0.15) is 11.6 Å². The predicted molar refractivity (Wildman–Crippen MR) is 105 cm³/mol. The maximum atomic E-state index is 12.5. The van der Waals surface area contributed by atoms with Crippen LogP contribution in [0.5, 0.6) is 11.5 Å². The zero-order valence-electron chi connectivity index (χ0n) is 15.5. The number of amides is 1. The van der Waals surface area contributed by atoms with E-state index in [1.165, 1.54) is 6.42 Å². The lowest BCUT2D eigenvalue weighted by molar-refractivity contribution is -0.118. The molecule has 0 saturated heterocycles. The number of ether oxygens (including phenoxy) is 2. The van der Waals surface area contributed by atoms with Gasteiger partial charge >= 0.3 is 0 Å². The van der Waals surface area contributed by atoms with Gasteiger partial charge in [-0.25, -0.2) is 0 Å². The molecule has 26 heavy (non-hydrogen) atoms. The smallest absolute Gasteiger partial charge is 0.262 e. The molecular formula is C20H25BrN2O3. The number of carbonyl (C=O) groups excluding carboxylic acids is 1. The van der Waals surface area contributed by atoms with Gasteiger partial charge in [-0.3, -0.25) is 4.79 Å². The van der Waals surface area contributed by atoms with Crippen molar-refractivity contribution in [3.05, 3.63) is 27.7 Å². The van der Waals surface area contributed by atoms with Crippen molar-refractivity contribution in [1.82, 2.24) is 5.32 Å².